The Morgan fingerprint density at radius 3 is 2.02 bits per heavy atom. The number of benzene rings is 3. The molecule has 4 fully saturated rings. The van der Waals surface area contributed by atoms with E-state index in [0.717, 1.165) is 13.0 Å². The number of esters is 4. The molecular formula is C59H71NO23. The van der Waals surface area contributed by atoms with Gasteiger partial charge in [0.05, 0.1) is 41.8 Å². The summed E-state index contributed by atoms with van der Waals surface area (Å²) < 4.78 is 34.4. The molecule has 3 aromatic carbocycles. The van der Waals surface area contributed by atoms with Crippen molar-refractivity contribution >= 4 is 47.8 Å². The highest BCUT2D eigenvalue weighted by molar-refractivity contribution is 5.94. The van der Waals surface area contributed by atoms with Gasteiger partial charge in [-0.1, -0.05) is 68.4 Å². The predicted molar refractivity (Wildman–Crippen MR) is 286 cm³/mol. The number of amides is 1. The Kier molecular flexibility index (Phi) is 18.1. The molecule has 0 aromatic heterocycles. The Bertz CT molecular complexity index is 3030. The molecule has 1 amide bonds. The largest absolute Gasteiger partial charge is 0.504 e. The van der Waals surface area contributed by atoms with E-state index >= 15 is 0 Å². The summed E-state index contributed by atoms with van der Waals surface area (Å²) in [4.78, 5) is 91.8. The van der Waals surface area contributed by atoms with Gasteiger partial charge in [0.15, 0.2) is 34.6 Å². The summed E-state index contributed by atoms with van der Waals surface area (Å²) in [7, 11) is 0. The van der Waals surface area contributed by atoms with Crippen LogP contribution in [0.15, 0.2) is 96.1 Å². The van der Waals surface area contributed by atoms with Crippen LogP contribution in [0.25, 0.3) is 6.08 Å². The molecule has 1 heterocycles. The summed E-state index contributed by atoms with van der Waals surface area (Å²) in [5.74, 6) is -8.61. The molecule has 24 heteroatoms. The number of hydrogen-bond acceptors (Lipinski definition) is 22. The Balaban J connectivity index is 0.000000330. The normalized spacial score (nSPS) is 32.4. The van der Waals surface area contributed by atoms with Gasteiger partial charge in [0.2, 0.25) is 0 Å². The fourth-order valence-electron chi connectivity index (χ4n) is 12.1. The number of aliphatic hydroxyl groups excluding tert-OH is 5. The van der Waals surface area contributed by atoms with Gasteiger partial charge >= 0.3 is 35.9 Å². The fourth-order valence-corrected chi connectivity index (χ4v) is 12.1. The summed E-state index contributed by atoms with van der Waals surface area (Å²) >= 11 is 0. The van der Waals surface area contributed by atoms with Crippen molar-refractivity contribution in [3.05, 3.63) is 113 Å². The van der Waals surface area contributed by atoms with Crippen LogP contribution < -0.4 is 5.32 Å². The summed E-state index contributed by atoms with van der Waals surface area (Å²) in [5.41, 5.74) is -10.1. The second-order valence-corrected chi connectivity index (χ2v) is 23.4. The molecule has 450 valence electrons. The Labute approximate surface area is 476 Å². The summed E-state index contributed by atoms with van der Waals surface area (Å²) in [6.45, 7) is 11.8. The minimum absolute atomic E-state index is 0.0637. The van der Waals surface area contributed by atoms with Crippen LogP contribution in [0.5, 0.6) is 11.5 Å². The van der Waals surface area contributed by atoms with Gasteiger partial charge in [0, 0.05) is 44.1 Å². The van der Waals surface area contributed by atoms with E-state index in [1.807, 2.05) is 0 Å². The van der Waals surface area contributed by atoms with Gasteiger partial charge in [0.25, 0.3) is 0 Å². The van der Waals surface area contributed by atoms with Gasteiger partial charge in [0.1, 0.15) is 47.8 Å². The van der Waals surface area contributed by atoms with Crippen LogP contribution in [0.4, 0.5) is 4.79 Å². The van der Waals surface area contributed by atoms with E-state index in [-0.39, 0.29) is 41.2 Å². The Morgan fingerprint density at radius 1 is 0.831 bits per heavy atom. The molecule has 3 saturated carbocycles. The zero-order valence-electron chi connectivity index (χ0n) is 46.8. The summed E-state index contributed by atoms with van der Waals surface area (Å²) in [6.07, 6.45) is -14.9. The number of fused-ring (bicyclic) bond motifs is 5. The number of phenolic OH excluding ortho intramolecular Hbond substituents is 2. The number of rotatable bonds is 12. The first-order valence-electron chi connectivity index (χ1n) is 26.7. The molecule has 11 N–H and O–H groups in total. The number of aliphatic carboxylic acids is 1. The number of carboxylic acid groups (broad SMARTS) is 1. The molecule has 5 aliphatic rings. The minimum Gasteiger partial charge on any atom is -0.504 e. The smallest absolute Gasteiger partial charge is 0.408 e. The highest BCUT2D eigenvalue weighted by Gasteiger charge is 2.78. The van der Waals surface area contributed by atoms with E-state index in [2.05, 4.69) is 5.32 Å². The SMILES string of the molecule is CC(=O)O[C@@]12CO[C@@H]1C[C@H](O)[C@@]1(C)C(=O)[C@H](O)C3=C(C)[C@@H](OC(=O)[C@H](O)[C@@H](NC(=O)OC(C)(C)C)c4ccccc4)C[C@@](O)([C@@H](OC(=O)c4ccccc4)[C@H]21)C3(C)C.O=C(/C=C/c1ccc(O)c(O)c1)O[C@@H]1C[C@](O)(C(=O)O)C[C@@H](O)[C@H]1O. The molecular weight excluding hydrogens is 1090 g/mol. The van der Waals surface area contributed by atoms with Crippen LogP contribution in [-0.4, -0.2) is 177 Å². The number of aromatic hydroxyl groups is 2. The van der Waals surface area contributed by atoms with Crippen molar-refractivity contribution in [3.8, 4) is 11.5 Å². The van der Waals surface area contributed by atoms with Crippen LogP contribution in [0, 0.1) is 16.7 Å². The molecule has 4 aliphatic carbocycles. The van der Waals surface area contributed by atoms with Gasteiger partial charge in [-0.3, -0.25) is 9.59 Å². The first kappa shape index (κ1) is 63.3. The van der Waals surface area contributed by atoms with E-state index in [1.165, 1.54) is 50.3 Å². The number of Topliss-reactive ketones (excluding diaryl/α,β-unsaturated/α-hetero) is 1. The Morgan fingerprint density at radius 2 is 1.46 bits per heavy atom. The molecule has 0 unspecified atom stereocenters. The lowest BCUT2D eigenvalue weighted by atomic mass is 9.44. The van der Waals surface area contributed by atoms with Crippen LogP contribution in [0.2, 0.25) is 0 Å². The first-order valence-corrected chi connectivity index (χ1v) is 26.7. The van der Waals surface area contributed by atoms with Crippen LogP contribution in [0.3, 0.4) is 0 Å². The first-order chi connectivity index (χ1) is 38.6. The number of alkyl carbamates (subject to hydrolysis) is 1. The number of carboxylic acids is 1. The van der Waals surface area contributed by atoms with Gasteiger partial charge in [-0.15, -0.1) is 0 Å². The number of nitrogens with one attached hydrogen (secondary N) is 1. The lowest BCUT2D eigenvalue weighted by Gasteiger charge is -2.67. The third kappa shape index (κ3) is 12.4. The number of carbonyl (C=O) groups excluding carboxylic acids is 6. The van der Waals surface area contributed by atoms with Crippen LogP contribution in [-0.2, 0) is 52.4 Å². The molecule has 3 aromatic rings. The number of phenols is 2. The predicted octanol–water partition coefficient (Wildman–Crippen LogP) is 2.61. The Hall–Kier alpha value is -7.29. The van der Waals surface area contributed by atoms with E-state index in [0.29, 0.717) is 11.1 Å². The molecule has 0 radical (unpaired) electrons. The quantitative estimate of drug-likeness (QED) is 0.0408. The van der Waals surface area contributed by atoms with Crippen molar-refractivity contribution in [2.45, 2.75) is 164 Å². The van der Waals surface area contributed by atoms with Gasteiger partial charge in [-0.25, -0.2) is 24.0 Å². The highest BCUT2D eigenvalue weighted by Crippen LogP contribution is 2.64. The molecule has 1 saturated heterocycles. The van der Waals surface area contributed by atoms with Crippen molar-refractivity contribution in [3.63, 3.8) is 0 Å². The molecule has 0 spiro atoms. The van der Waals surface area contributed by atoms with Gasteiger partial charge < -0.3 is 84.8 Å². The minimum atomic E-state index is -2.35. The zero-order valence-corrected chi connectivity index (χ0v) is 46.8. The third-order valence-corrected chi connectivity index (χ3v) is 16.5. The zero-order chi connectivity index (χ0) is 61.5. The number of carbonyl (C=O) groups is 7. The maximum Gasteiger partial charge on any atom is 0.408 e. The van der Waals surface area contributed by atoms with Crippen molar-refractivity contribution in [2.75, 3.05) is 6.61 Å². The number of ketones is 1. The lowest BCUT2D eigenvalue weighted by molar-refractivity contribution is -0.346. The number of hydrogen-bond donors (Lipinski definition) is 11. The van der Waals surface area contributed by atoms with Crippen molar-refractivity contribution < 1.29 is 113 Å². The molecule has 24 nitrogen and oxygen atoms in total. The average Bonchev–Trinajstić information content (AvgIpc) is 0.721. The monoisotopic (exact) mass is 1160 g/mol. The van der Waals surface area contributed by atoms with E-state index in [4.69, 9.17) is 33.5 Å². The molecule has 2 bridgehead atoms. The van der Waals surface area contributed by atoms with Gasteiger partial charge in [-0.2, -0.15) is 0 Å². The molecule has 83 heavy (non-hydrogen) atoms. The van der Waals surface area contributed by atoms with Crippen LogP contribution in [0.1, 0.15) is 109 Å². The number of ether oxygens (including phenoxy) is 6. The number of aliphatic hydroxyl groups is 7. The second-order valence-electron chi connectivity index (χ2n) is 23.4. The standard InChI is InChI=1S/C43H53NO14.C16H18O9/c1-22-26(55-37(51)32(48)30(24-15-11-9-12-16-24)44-38(52)58-39(3,4)5)20-43(53)35(56-36(50)25-17-13-10-14-18-25)33-41(8,34(49)31(47)29(22)40(43,6)7)27(46)19-28-42(33,21-54-28)57-23(2)45;17-9-3-1-8(5-10(9)18)2-4-13(20)25-12-7-16(24,15(22)23)6-11(19)14(12)21/h9-18,26-28,30-33,35,46-48,53H,19-21H2,1-8H3,(H,44,52);1-5,11-12,14,17-19,21,24H,6-7H2,(H,22,23)/b;4-2+/t26-,27-,28+,30-,31+,32+,33-,35-,41+,42-,43+;11-,12-,14-,16+/m01/s1. The summed E-state index contributed by atoms with van der Waals surface area (Å²) in [5, 5.41) is 109. The fraction of sp³-hybridized carbons (Fsp3) is 0.508. The topological polar surface area (TPSA) is 389 Å². The summed E-state index contributed by atoms with van der Waals surface area (Å²) in [6, 6.07) is 18.5. The van der Waals surface area contributed by atoms with Crippen LogP contribution >= 0.6 is 0 Å². The van der Waals surface area contributed by atoms with E-state index in [1.54, 1.807) is 83.1 Å². The molecule has 1 aliphatic heterocycles. The average molecular weight is 1160 g/mol. The van der Waals surface area contributed by atoms with Crippen molar-refractivity contribution in [1.82, 2.24) is 5.32 Å². The van der Waals surface area contributed by atoms with Gasteiger partial charge in [-0.05, 0) is 87.2 Å². The highest BCUT2D eigenvalue weighted by atomic mass is 16.6. The van der Waals surface area contributed by atoms with E-state index < -0.39 is 161 Å². The van der Waals surface area contributed by atoms with Crippen molar-refractivity contribution in [1.29, 1.82) is 0 Å². The lowest BCUT2D eigenvalue weighted by Crippen LogP contribution is -2.81. The third-order valence-electron chi connectivity index (χ3n) is 16.5. The van der Waals surface area contributed by atoms with Crippen molar-refractivity contribution in [2.24, 2.45) is 16.7 Å². The molecule has 8 rings (SSSR count). The van der Waals surface area contributed by atoms with E-state index in [9.17, 15) is 79.5 Å². The maximum absolute atomic E-state index is 14.9. The molecule has 15 atom stereocenters. The maximum atomic E-state index is 14.9. The second kappa shape index (κ2) is 23.8.